The molecule has 6 heteroatoms. The largest absolute Gasteiger partial charge is 0.444 e. The Hall–Kier alpha value is -1.85. The first-order chi connectivity index (χ1) is 11.9. The summed E-state index contributed by atoms with van der Waals surface area (Å²) in [5.41, 5.74) is 2.23. The van der Waals surface area contributed by atoms with Crippen LogP contribution < -0.4 is 5.32 Å². The molecule has 1 atom stereocenters. The molecule has 25 heavy (non-hydrogen) atoms. The van der Waals surface area contributed by atoms with Crippen LogP contribution >= 0.6 is 0 Å². The molecule has 1 fully saturated rings. The molecule has 2 aliphatic carbocycles. The molecule has 0 aliphatic heterocycles. The zero-order valence-corrected chi connectivity index (χ0v) is 15.5. The highest BCUT2D eigenvalue weighted by molar-refractivity contribution is 5.75. The molecule has 0 aromatic carbocycles. The van der Waals surface area contributed by atoms with Gasteiger partial charge in [-0.15, -0.1) is 0 Å². The number of alkyl carbamates (subject to hydrolysis) is 1. The van der Waals surface area contributed by atoms with E-state index in [4.69, 9.17) is 4.74 Å². The third-order valence-corrected chi connectivity index (χ3v) is 5.08. The second-order valence-corrected chi connectivity index (χ2v) is 8.25. The number of nitrogens with zero attached hydrogens (tertiary/aromatic N) is 2. The molecule has 138 valence electrons. The third kappa shape index (κ3) is 4.22. The fourth-order valence-electron chi connectivity index (χ4n) is 3.99. The number of aromatic nitrogens is 2. The fourth-order valence-corrected chi connectivity index (χ4v) is 3.99. The maximum absolute atomic E-state index is 12.0. The van der Waals surface area contributed by atoms with Gasteiger partial charge in [-0.05, 0) is 52.9 Å². The van der Waals surface area contributed by atoms with Gasteiger partial charge >= 0.3 is 6.09 Å². The van der Waals surface area contributed by atoms with Crippen molar-refractivity contribution < 1.29 is 14.3 Å². The number of ether oxygens (including phenoxy) is 1. The highest BCUT2D eigenvalue weighted by Crippen LogP contribution is 2.33. The van der Waals surface area contributed by atoms with Crippen molar-refractivity contribution in [3.8, 4) is 0 Å². The lowest BCUT2D eigenvalue weighted by molar-refractivity contribution is 0.0500. The Morgan fingerprint density at radius 2 is 1.96 bits per heavy atom. The summed E-state index contributed by atoms with van der Waals surface area (Å²) < 4.78 is 7.46. The summed E-state index contributed by atoms with van der Waals surface area (Å²) in [6.45, 7) is 5.55. The van der Waals surface area contributed by atoms with Crippen molar-refractivity contribution in [1.82, 2.24) is 15.1 Å². The Bertz CT molecular complexity index is 639. The summed E-state index contributed by atoms with van der Waals surface area (Å²) in [5.74, 6) is 0. The zero-order valence-electron chi connectivity index (χ0n) is 15.5. The topological polar surface area (TPSA) is 73.2 Å². The van der Waals surface area contributed by atoms with E-state index in [0.29, 0.717) is 18.2 Å². The molecular formula is C19H29N3O3. The fraction of sp³-hybridized carbons (Fsp3) is 0.737. The molecular weight excluding hydrogens is 318 g/mol. The Kier molecular flexibility index (Phi) is 5.16. The highest BCUT2D eigenvalue weighted by Gasteiger charge is 2.30. The number of rotatable bonds is 3. The standard InChI is InChI=1S/C19H29N3O3/c1-19(2,3)25-18(24)20-13-9-10-17-15(11-13)16(12-23)21-22(17)14-7-5-4-6-8-14/h12-14H,4-11H2,1-3H3,(H,20,24). The smallest absolute Gasteiger partial charge is 0.407 e. The van der Waals surface area contributed by atoms with Gasteiger partial charge in [0, 0.05) is 17.3 Å². The van der Waals surface area contributed by atoms with E-state index in [1.54, 1.807) is 0 Å². The van der Waals surface area contributed by atoms with Crippen molar-refractivity contribution in [2.24, 2.45) is 0 Å². The van der Waals surface area contributed by atoms with E-state index < -0.39 is 11.7 Å². The van der Waals surface area contributed by atoms with Gasteiger partial charge in [-0.3, -0.25) is 9.48 Å². The van der Waals surface area contributed by atoms with Crippen molar-refractivity contribution in [2.45, 2.75) is 89.8 Å². The molecule has 1 saturated carbocycles. The van der Waals surface area contributed by atoms with Crippen LogP contribution in [0.2, 0.25) is 0 Å². The van der Waals surface area contributed by atoms with Crippen LogP contribution in [0, 0.1) is 0 Å². The molecule has 1 unspecified atom stereocenters. The number of hydrogen-bond donors (Lipinski definition) is 1. The van der Waals surface area contributed by atoms with Crippen molar-refractivity contribution >= 4 is 12.4 Å². The van der Waals surface area contributed by atoms with Crippen molar-refractivity contribution in [3.63, 3.8) is 0 Å². The summed E-state index contributed by atoms with van der Waals surface area (Å²) >= 11 is 0. The lowest BCUT2D eigenvalue weighted by Crippen LogP contribution is -2.42. The summed E-state index contributed by atoms with van der Waals surface area (Å²) in [6, 6.07) is 0.414. The highest BCUT2D eigenvalue weighted by atomic mass is 16.6. The van der Waals surface area contributed by atoms with E-state index in [-0.39, 0.29) is 6.04 Å². The van der Waals surface area contributed by atoms with Gasteiger partial charge in [0.2, 0.25) is 0 Å². The van der Waals surface area contributed by atoms with Crippen LogP contribution in [-0.2, 0) is 17.6 Å². The Balaban J connectivity index is 1.73. The monoisotopic (exact) mass is 347 g/mol. The summed E-state index contributed by atoms with van der Waals surface area (Å²) in [5, 5.41) is 7.55. The normalized spacial score (nSPS) is 21.5. The van der Waals surface area contributed by atoms with Crippen LogP contribution in [0.4, 0.5) is 4.79 Å². The zero-order chi connectivity index (χ0) is 18.0. The van der Waals surface area contributed by atoms with Gasteiger partial charge in [-0.25, -0.2) is 4.79 Å². The minimum Gasteiger partial charge on any atom is -0.444 e. The van der Waals surface area contributed by atoms with Gasteiger partial charge in [0.1, 0.15) is 11.3 Å². The predicted octanol–water partition coefficient (Wildman–Crippen LogP) is 3.58. The summed E-state index contributed by atoms with van der Waals surface area (Å²) in [7, 11) is 0. The first kappa shape index (κ1) is 18.0. The Morgan fingerprint density at radius 3 is 2.60 bits per heavy atom. The first-order valence-corrected chi connectivity index (χ1v) is 9.42. The molecule has 1 N–H and O–H groups in total. The predicted molar refractivity (Wildman–Crippen MR) is 94.9 cm³/mol. The molecule has 1 heterocycles. The van der Waals surface area contributed by atoms with E-state index >= 15 is 0 Å². The molecule has 3 rings (SSSR count). The van der Waals surface area contributed by atoms with E-state index in [2.05, 4.69) is 15.1 Å². The molecule has 1 amide bonds. The second kappa shape index (κ2) is 7.18. The molecule has 1 aromatic heterocycles. The first-order valence-electron chi connectivity index (χ1n) is 9.42. The van der Waals surface area contributed by atoms with Crippen LogP contribution in [0.5, 0.6) is 0 Å². The SMILES string of the molecule is CC(C)(C)OC(=O)NC1CCc2c(c(C=O)nn2C2CCCCC2)C1. The molecule has 0 radical (unpaired) electrons. The molecule has 0 saturated heterocycles. The van der Waals surface area contributed by atoms with Crippen LogP contribution in [0.15, 0.2) is 0 Å². The van der Waals surface area contributed by atoms with E-state index in [1.165, 1.54) is 25.0 Å². The number of amides is 1. The van der Waals surface area contributed by atoms with Gasteiger partial charge < -0.3 is 10.1 Å². The quantitative estimate of drug-likeness (QED) is 0.848. The minimum atomic E-state index is -0.510. The number of aldehydes is 1. The average Bonchev–Trinajstić information content (AvgIpc) is 2.92. The molecule has 6 nitrogen and oxygen atoms in total. The maximum atomic E-state index is 12.0. The second-order valence-electron chi connectivity index (χ2n) is 8.25. The van der Waals surface area contributed by atoms with Crippen LogP contribution in [0.1, 0.15) is 87.1 Å². The Morgan fingerprint density at radius 1 is 1.24 bits per heavy atom. The lowest BCUT2D eigenvalue weighted by Gasteiger charge is -2.28. The maximum Gasteiger partial charge on any atom is 0.407 e. The lowest BCUT2D eigenvalue weighted by atomic mass is 9.90. The number of carbonyl (C=O) groups excluding carboxylic acids is 2. The number of hydrogen-bond acceptors (Lipinski definition) is 4. The molecule has 0 spiro atoms. The summed E-state index contributed by atoms with van der Waals surface area (Å²) in [6.07, 6.45) is 8.85. The van der Waals surface area contributed by atoms with Crippen LogP contribution in [0.3, 0.4) is 0 Å². The van der Waals surface area contributed by atoms with E-state index in [1.807, 2.05) is 20.8 Å². The third-order valence-electron chi connectivity index (χ3n) is 5.08. The summed E-state index contributed by atoms with van der Waals surface area (Å²) in [4.78, 5) is 23.5. The minimum absolute atomic E-state index is 0.00921. The van der Waals surface area contributed by atoms with Crippen molar-refractivity contribution in [2.75, 3.05) is 0 Å². The number of carbonyl (C=O) groups is 2. The van der Waals surface area contributed by atoms with Crippen molar-refractivity contribution in [1.29, 1.82) is 0 Å². The van der Waals surface area contributed by atoms with Crippen molar-refractivity contribution in [3.05, 3.63) is 17.0 Å². The average molecular weight is 347 g/mol. The van der Waals surface area contributed by atoms with Gasteiger partial charge in [0.25, 0.3) is 0 Å². The van der Waals surface area contributed by atoms with Gasteiger partial charge in [0.05, 0.1) is 6.04 Å². The van der Waals surface area contributed by atoms with Gasteiger partial charge in [0.15, 0.2) is 6.29 Å². The van der Waals surface area contributed by atoms with Gasteiger partial charge in [-0.2, -0.15) is 5.10 Å². The van der Waals surface area contributed by atoms with E-state index in [9.17, 15) is 9.59 Å². The van der Waals surface area contributed by atoms with Gasteiger partial charge in [-0.1, -0.05) is 19.3 Å². The van der Waals surface area contributed by atoms with Crippen LogP contribution in [-0.4, -0.2) is 33.8 Å². The molecule has 0 bridgehead atoms. The number of fused-ring (bicyclic) bond motifs is 1. The molecule has 2 aliphatic rings. The number of nitrogens with one attached hydrogen (secondary N) is 1. The van der Waals surface area contributed by atoms with E-state index in [0.717, 1.165) is 37.5 Å². The van der Waals surface area contributed by atoms with Crippen LogP contribution in [0.25, 0.3) is 0 Å². The molecule has 1 aromatic rings. The Labute approximate surface area is 149 Å².